The molecule has 0 aromatic carbocycles. The van der Waals surface area contributed by atoms with Crippen LogP contribution in [0.1, 0.15) is 17.7 Å². The van der Waals surface area contributed by atoms with Crippen molar-refractivity contribution in [3.63, 3.8) is 0 Å². The number of rotatable bonds is 3. The Balaban J connectivity index is 1.91. The number of likely N-dealkylation sites (tertiary alicyclic amines) is 1. The lowest BCUT2D eigenvalue weighted by Gasteiger charge is -2.19. The van der Waals surface area contributed by atoms with Gasteiger partial charge < -0.3 is 10.6 Å². The van der Waals surface area contributed by atoms with Crippen LogP contribution < -0.4 is 5.73 Å². The summed E-state index contributed by atoms with van der Waals surface area (Å²) < 4.78 is 0.746. The monoisotopic (exact) mass is 258 g/mol. The summed E-state index contributed by atoms with van der Waals surface area (Å²) in [5, 5.41) is 0. The third-order valence-electron chi connectivity index (χ3n) is 2.78. The van der Waals surface area contributed by atoms with E-state index in [1.54, 1.807) is 0 Å². The fourth-order valence-electron chi connectivity index (χ4n) is 1.94. The highest BCUT2D eigenvalue weighted by Crippen LogP contribution is 2.22. The molecule has 1 amide bonds. The maximum Gasteiger partial charge on any atom is 0.239 e. The van der Waals surface area contributed by atoms with Crippen LogP contribution in [-0.2, 0) is 11.2 Å². The second-order valence-electron chi connectivity index (χ2n) is 4.05. The lowest BCUT2D eigenvalue weighted by atomic mass is 10.1. The van der Waals surface area contributed by atoms with Crippen molar-refractivity contribution in [1.29, 1.82) is 0 Å². The molecule has 2 N–H and O–H groups in total. The molecule has 1 atom stereocenters. The third-order valence-corrected chi connectivity index (χ3v) is 4.04. The van der Waals surface area contributed by atoms with Crippen LogP contribution in [-0.4, -0.2) is 29.9 Å². The van der Waals surface area contributed by atoms with Gasteiger partial charge in [0.25, 0.3) is 0 Å². The van der Waals surface area contributed by atoms with Gasteiger partial charge in [0.2, 0.25) is 5.91 Å². The molecule has 2 rings (SSSR count). The molecular weight excluding hydrogens is 244 g/mol. The van der Waals surface area contributed by atoms with Gasteiger partial charge >= 0.3 is 0 Å². The first-order valence-corrected chi connectivity index (χ1v) is 6.65. The number of hydrogen-bond donors (Lipinski definition) is 1. The molecule has 0 saturated carbocycles. The van der Waals surface area contributed by atoms with Gasteiger partial charge in [-0.25, -0.2) is 0 Å². The Morgan fingerprint density at radius 3 is 2.75 bits per heavy atom. The Bertz CT molecular complexity index is 374. The molecular formula is C11H15ClN2OS. The highest BCUT2D eigenvalue weighted by atomic mass is 35.5. The van der Waals surface area contributed by atoms with E-state index in [0.29, 0.717) is 6.42 Å². The van der Waals surface area contributed by atoms with Gasteiger partial charge in [0.15, 0.2) is 0 Å². The van der Waals surface area contributed by atoms with E-state index in [0.717, 1.165) is 35.1 Å². The van der Waals surface area contributed by atoms with Crippen LogP contribution >= 0.6 is 22.9 Å². The fraction of sp³-hybridized carbons (Fsp3) is 0.545. The number of carbonyl (C=O) groups is 1. The zero-order valence-corrected chi connectivity index (χ0v) is 10.6. The molecule has 0 aliphatic carbocycles. The van der Waals surface area contributed by atoms with Crippen LogP contribution in [0, 0.1) is 0 Å². The molecule has 3 nitrogen and oxygen atoms in total. The smallest absolute Gasteiger partial charge is 0.239 e. The molecule has 1 unspecified atom stereocenters. The number of nitrogens with two attached hydrogens (primary N) is 1. The van der Waals surface area contributed by atoms with Gasteiger partial charge in [0, 0.05) is 24.4 Å². The molecule has 0 bridgehead atoms. The van der Waals surface area contributed by atoms with Gasteiger partial charge in [0.1, 0.15) is 0 Å². The summed E-state index contributed by atoms with van der Waals surface area (Å²) in [5.74, 6) is 0.0713. The zero-order chi connectivity index (χ0) is 11.5. The zero-order valence-electron chi connectivity index (χ0n) is 8.99. The fourth-order valence-corrected chi connectivity index (χ4v) is 3.08. The number of hydrogen-bond acceptors (Lipinski definition) is 3. The lowest BCUT2D eigenvalue weighted by Crippen LogP contribution is -2.43. The van der Waals surface area contributed by atoms with Crippen molar-refractivity contribution in [2.45, 2.75) is 25.3 Å². The molecule has 0 spiro atoms. The quantitative estimate of drug-likeness (QED) is 0.900. The third kappa shape index (κ3) is 2.75. The SMILES string of the molecule is NC(Cc1ccc(Cl)s1)C(=O)N1CCCC1. The maximum absolute atomic E-state index is 11.9. The van der Waals surface area contributed by atoms with Gasteiger partial charge in [-0.2, -0.15) is 0 Å². The molecule has 1 fully saturated rings. The number of amides is 1. The van der Waals surface area contributed by atoms with E-state index >= 15 is 0 Å². The van der Waals surface area contributed by atoms with E-state index in [-0.39, 0.29) is 5.91 Å². The first-order chi connectivity index (χ1) is 7.66. The van der Waals surface area contributed by atoms with Gasteiger partial charge in [-0.05, 0) is 25.0 Å². The highest BCUT2D eigenvalue weighted by molar-refractivity contribution is 7.16. The van der Waals surface area contributed by atoms with Crippen molar-refractivity contribution in [2.75, 3.05) is 13.1 Å². The van der Waals surface area contributed by atoms with Crippen molar-refractivity contribution in [3.05, 3.63) is 21.3 Å². The predicted octanol–water partition coefficient (Wildman–Crippen LogP) is 1.89. The molecule has 5 heteroatoms. The van der Waals surface area contributed by atoms with Crippen molar-refractivity contribution >= 4 is 28.8 Å². The van der Waals surface area contributed by atoms with E-state index in [4.69, 9.17) is 17.3 Å². The second kappa shape index (κ2) is 5.17. The number of nitrogens with zero attached hydrogens (tertiary/aromatic N) is 1. The average molecular weight is 259 g/mol. The summed E-state index contributed by atoms with van der Waals surface area (Å²) in [6.45, 7) is 1.72. The van der Waals surface area contributed by atoms with Crippen LogP contribution in [0.2, 0.25) is 4.34 Å². The number of halogens is 1. The Morgan fingerprint density at radius 1 is 1.50 bits per heavy atom. The average Bonchev–Trinajstić information content (AvgIpc) is 2.88. The van der Waals surface area contributed by atoms with Gasteiger partial charge in [-0.1, -0.05) is 11.6 Å². The molecule has 16 heavy (non-hydrogen) atoms. The molecule has 1 aromatic heterocycles. The summed E-state index contributed by atoms with van der Waals surface area (Å²) in [7, 11) is 0. The Morgan fingerprint density at radius 2 is 2.19 bits per heavy atom. The molecule has 88 valence electrons. The second-order valence-corrected chi connectivity index (χ2v) is 5.85. The number of thiophene rings is 1. The molecule has 0 radical (unpaired) electrons. The van der Waals surface area contributed by atoms with Gasteiger partial charge in [-0.15, -0.1) is 11.3 Å². The summed E-state index contributed by atoms with van der Waals surface area (Å²) in [5.41, 5.74) is 5.91. The van der Waals surface area contributed by atoms with Crippen LogP contribution in [0.5, 0.6) is 0 Å². The largest absolute Gasteiger partial charge is 0.341 e. The van der Waals surface area contributed by atoms with E-state index in [1.807, 2.05) is 17.0 Å². The topological polar surface area (TPSA) is 46.3 Å². The Hall–Kier alpha value is -0.580. The maximum atomic E-state index is 11.9. The van der Waals surface area contributed by atoms with E-state index in [1.165, 1.54) is 11.3 Å². The summed E-state index contributed by atoms with van der Waals surface area (Å²) >= 11 is 7.32. The molecule has 2 heterocycles. The Labute approximate surface area is 104 Å². The molecule has 1 aliphatic heterocycles. The first kappa shape index (κ1) is 11.9. The van der Waals surface area contributed by atoms with Crippen LogP contribution in [0.25, 0.3) is 0 Å². The minimum Gasteiger partial charge on any atom is -0.341 e. The standard InChI is InChI=1S/C11H15ClN2OS/c12-10-4-3-8(16-10)7-9(13)11(15)14-5-1-2-6-14/h3-4,9H,1-2,5-7,13H2. The lowest BCUT2D eigenvalue weighted by molar-refractivity contribution is -0.131. The van der Waals surface area contributed by atoms with Gasteiger partial charge in [-0.3, -0.25) is 4.79 Å². The van der Waals surface area contributed by atoms with E-state index in [9.17, 15) is 4.79 Å². The molecule has 1 aliphatic rings. The Kier molecular flexibility index (Phi) is 3.84. The molecule has 1 saturated heterocycles. The van der Waals surface area contributed by atoms with E-state index < -0.39 is 6.04 Å². The normalized spacial score (nSPS) is 17.8. The van der Waals surface area contributed by atoms with Crippen molar-refractivity contribution in [2.24, 2.45) is 5.73 Å². The van der Waals surface area contributed by atoms with Crippen molar-refractivity contribution in [3.8, 4) is 0 Å². The summed E-state index contributed by atoms with van der Waals surface area (Å²) in [6.07, 6.45) is 2.79. The van der Waals surface area contributed by atoms with E-state index in [2.05, 4.69) is 0 Å². The minimum absolute atomic E-state index is 0.0713. The van der Waals surface area contributed by atoms with Gasteiger partial charge in [0.05, 0.1) is 10.4 Å². The van der Waals surface area contributed by atoms with Crippen molar-refractivity contribution < 1.29 is 4.79 Å². The number of carbonyl (C=O) groups excluding carboxylic acids is 1. The summed E-state index contributed by atoms with van der Waals surface area (Å²) in [6, 6.07) is 3.35. The predicted molar refractivity (Wildman–Crippen MR) is 66.8 cm³/mol. The van der Waals surface area contributed by atoms with Crippen molar-refractivity contribution in [1.82, 2.24) is 4.90 Å². The highest BCUT2D eigenvalue weighted by Gasteiger charge is 2.23. The van der Waals surface area contributed by atoms with Crippen LogP contribution in [0.3, 0.4) is 0 Å². The van der Waals surface area contributed by atoms with Crippen LogP contribution in [0.15, 0.2) is 12.1 Å². The molecule has 1 aromatic rings. The first-order valence-electron chi connectivity index (χ1n) is 5.45. The minimum atomic E-state index is -0.423. The van der Waals surface area contributed by atoms with Crippen LogP contribution in [0.4, 0.5) is 0 Å². The summed E-state index contributed by atoms with van der Waals surface area (Å²) in [4.78, 5) is 14.9.